The standard InChI is InChI=1S/C19H21NO4S/c1-3-20(4-2)25(22,23)18-13-10-16(11-14-18)12-15-19(21)24-17-8-6-5-7-9-17/h5-15H,3-4H2,1-2H3. The molecule has 25 heavy (non-hydrogen) atoms. The van der Waals surface area contributed by atoms with E-state index in [1.54, 1.807) is 56.3 Å². The third-order valence-corrected chi connectivity index (χ3v) is 5.66. The Kier molecular flexibility index (Phi) is 6.50. The van der Waals surface area contributed by atoms with Crippen LogP contribution >= 0.6 is 0 Å². The summed E-state index contributed by atoms with van der Waals surface area (Å²) in [6.45, 7) is 4.45. The first-order valence-electron chi connectivity index (χ1n) is 8.02. The van der Waals surface area contributed by atoms with Crippen LogP contribution in [0, 0.1) is 0 Å². The van der Waals surface area contributed by atoms with Gasteiger partial charge in [-0.1, -0.05) is 44.2 Å². The van der Waals surface area contributed by atoms with Crippen molar-refractivity contribution in [3.8, 4) is 5.75 Å². The number of sulfonamides is 1. The zero-order valence-electron chi connectivity index (χ0n) is 14.3. The van der Waals surface area contributed by atoms with Gasteiger partial charge >= 0.3 is 5.97 Å². The number of nitrogens with zero attached hydrogens (tertiary/aromatic N) is 1. The molecule has 6 heteroatoms. The van der Waals surface area contributed by atoms with Crippen LogP contribution in [-0.2, 0) is 14.8 Å². The molecule has 0 heterocycles. The van der Waals surface area contributed by atoms with E-state index in [1.165, 1.54) is 22.5 Å². The topological polar surface area (TPSA) is 63.7 Å². The molecule has 0 saturated heterocycles. The smallest absolute Gasteiger partial charge is 0.336 e. The first-order valence-corrected chi connectivity index (χ1v) is 9.46. The quantitative estimate of drug-likeness (QED) is 0.432. The lowest BCUT2D eigenvalue weighted by molar-refractivity contribution is -0.128. The largest absolute Gasteiger partial charge is 0.423 e. The van der Waals surface area contributed by atoms with Crippen LogP contribution in [0.4, 0.5) is 0 Å². The number of para-hydroxylation sites is 1. The summed E-state index contributed by atoms with van der Waals surface area (Å²) in [6, 6.07) is 15.2. The summed E-state index contributed by atoms with van der Waals surface area (Å²) in [5.41, 5.74) is 0.712. The fraction of sp³-hybridized carbons (Fsp3) is 0.211. The highest BCUT2D eigenvalue weighted by Gasteiger charge is 2.20. The number of ether oxygens (including phenoxy) is 1. The van der Waals surface area contributed by atoms with Gasteiger partial charge in [0.1, 0.15) is 5.75 Å². The highest BCUT2D eigenvalue weighted by molar-refractivity contribution is 7.89. The molecule has 2 rings (SSSR count). The Hall–Kier alpha value is -2.44. The van der Waals surface area contributed by atoms with Crippen LogP contribution < -0.4 is 4.74 Å². The van der Waals surface area contributed by atoms with E-state index in [0.717, 1.165) is 0 Å². The van der Waals surface area contributed by atoms with Crippen molar-refractivity contribution in [1.29, 1.82) is 0 Å². The fourth-order valence-electron chi connectivity index (χ4n) is 2.27. The van der Waals surface area contributed by atoms with Crippen molar-refractivity contribution in [3.63, 3.8) is 0 Å². The van der Waals surface area contributed by atoms with E-state index in [9.17, 15) is 13.2 Å². The zero-order valence-corrected chi connectivity index (χ0v) is 15.1. The molecule has 0 N–H and O–H groups in total. The normalized spacial score (nSPS) is 11.8. The zero-order chi connectivity index (χ0) is 18.3. The van der Waals surface area contributed by atoms with E-state index in [1.807, 2.05) is 6.07 Å². The van der Waals surface area contributed by atoms with Gasteiger partial charge in [-0.3, -0.25) is 0 Å². The van der Waals surface area contributed by atoms with Crippen molar-refractivity contribution in [2.45, 2.75) is 18.7 Å². The van der Waals surface area contributed by atoms with E-state index >= 15 is 0 Å². The Bertz CT molecular complexity index is 823. The molecule has 0 unspecified atom stereocenters. The second-order valence-electron chi connectivity index (χ2n) is 5.23. The van der Waals surface area contributed by atoms with Gasteiger partial charge in [0.2, 0.25) is 10.0 Å². The van der Waals surface area contributed by atoms with Gasteiger partial charge in [-0.2, -0.15) is 4.31 Å². The Morgan fingerprint density at radius 3 is 2.16 bits per heavy atom. The predicted octanol–water partition coefficient (Wildman–Crippen LogP) is 3.34. The first kappa shape index (κ1) is 18.9. The van der Waals surface area contributed by atoms with Gasteiger partial charge in [0.15, 0.2) is 0 Å². The highest BCUT2D eigenvalue weighted by atomic mass is 32.2. The molecule has 0 atom stereocenters. The minimum Gasteiger partial charge on any atom is -0.423 e. The fourth-order valence-corrected chi connectivity index (χ4v) is 3.72. The molecule has 0 aliphatic rings. The number of carbonyl (C=O) groups is 1. The van der Waals surface area contributed by atoms with Crippen LogP contribution in [0.1, 0.15) is 19.4 Å². The second kappa shape index (κ2) is 8.60. The molecular weight excluding hydrogens is 338 g/mol. The number of esters is 1. The van der Waals surface area contributed by atoms with Crippen LogP contribution in [0.5, 0.6) is 5.75 Å². The van der Waals surface area contributed by atoms with Crippen molar-refractivity contribution in [2.24, 2.45) is 0 Å². The lowest BCUT2D eigenvalue weighted by atomic mass is 10.2. The molecule has 132 valence electrons. The van der Waals surface area contributed by atoms with Crippen LogP contribution in [-0.4, -0.2) is 31.8 Å². The van der Waals surface area contributed by atoms with Crippen LogP contribution in [0.15, 0.2) is 65.6 Å². The summed E-state index contributed by atoms with van der Waals surface area (Å²) in [6.07, 6.45) is 2.89. The summed E-state index contributed by atoms with van der Waals surface area (Å²) in [5.74, 6) is -0.0242. The molecule has 5 nitrogen and oxygen atoms in total. The van der Waals surface area contributed by atoms with Crippen molar-refractivity contribution in [1.82, 2.24) is 4.31 Å². The summed E-state index contributed by atoms with van der Waals surface area (Å²) in [5, 5.41) is 0. The van der Waals surface area contributed by atoms with E-state index < -0.39 is 16.0 Å². The maximum absolute atomic E-state index is 12.4. The average molecular weight is 359 g/mol. The molecule has 2 aromatic rings. The number of hydrogen-bond acceptors (Lipinski definition) is 4. The number of benzene rings is 2. The summed E-state index contributed by atoms with van der Waals surface area (Å²) < 4.78 is 31.4. The van der Waals surface area contributed by atoms with E-state index in [2.05, 4.69) is 0 Å². The molecule has 0 spiro atoms. The van der Waals surface area contributed by atoms with Crippen molar-refractivity contribution < 1.29 is 17.9 Å². The third-order valence-electron chi connectivity index (χ3n) is 3.60. The lowest BCUT2D eigenvalue weighted by Gasteiger charge is -2.18. The SMILES string of the molecule is CCN(CC)S(=O)(=O)c1ccc(C=CC(=O)Oc2ccccc2)cc1. The first-order chi connectivity index (χ1) is 12.0. The molecule has 0 amide bonds. The van der Waals surface area contributed by atoms with Crippen LogP contribution in [0.2, 0.25) is 0 Å². The molecule has 0 aliphatic carbocycles. The van der Waals surface area contributed by atoms with Gasteiger partial charge in [-0.15, -0.1) is 0 Å². The predicted molar refractivity (Wildman–Crippen MR) is 97.7 cm³/mol. The molecule has 0 fully saturated rings. The summed E-state index contributed by atoms with van der Waals surface area (Å²) >= 11 is 0. The Balaban J connectivity index is 2.06. The lowest BCUT2D eigenvalue weighted by Crippen LogP contribution is -2.30. The van der Waals surface area contributed by atoms with Crippen LogP contribution in [0.25, 0.3) is 6.08 Å². The molecule has 0 saturated carbocycles. The van der Waals surface area contributed by atoms with Gasteiger partial charge in [0.05, 0.1) is 4.90 Å². The number of carbonyl (C=O) groups excluding carboxylic acids is 1. The van der Waals surface area contributed by atoms with Gasteiger partial charge in [-0.05, 0) is 35.9 Å². The van der Waals surface area contributed by atoms with Gasteiger partial charge in [0, 0.05) is 19.2 Å². The summed E-state index contributed by atoms with van der Waals surface area (Å²) in [7, 11) is -3.47. The number of rotatable bonds is 7. The molecule has 0 radical (unpaired) electrons. The Labute approximate surface area is 148 Å². The third kappa shape index (κ3) is 5.01. The Morgan fingerprint density at radius 2 is 1.60 bits per heavy atom. The molecule has 0 aliphatic heterocycles. The van der Waals surface area contributed by atoms with E-state index in [4.69, 9.17) is 4.74 Å². The highest BCUT2D eigenvalue weighted by Crippen LogP contribution is 2.17. The monoisotopic (exact) mass is 359 g/mol. The van der Waals surface area contributed by atoms with Gasteiger partial charge in [0.25, 0.3) is 0 Å². The Morgan fingerprint density at radius 1 is 1.00 bits per heavy atom. The molecular formula is C19H21NO4S. The summed E-state index contributed by atoms with van der Waals surface area (Å²) in [4.78, 5) is 12.0. The minimum absolute atomic E-state index is 0.236. The molecule has 0 bridgehead atoms. The second-order valence-corrected chi connectivity index (χ2v) is 7.16. The average Bonchev–Trinajstić information content (AvgIpc) is 2.62. The maximum Gasteiger partial charge on any atom is 0.336 e. The molecule has 0 aromatic heterocycles. The van der Waals surface area contributed by atoms with Gasteiger partial charge in [-0.25, -0.2) is 13.2 Å². The number of hydrogen-bond donors (Lipinski definition) is 0. The molecule has 2 aromatic carbocycles. The van der Waals surface area contributed by atoms with Gasteiger partial charge < -0.3 is 4.74 Å². The van der Waals surface area contributed by atoms with Crippen molar-refractivity contribution in [3.05, 3.63) is 66.2 Å². The van der Waals surface area contributed by atoms with Crippen molar-refractivity contribution >= 4 is 22.1 Å². The van der Waals surface area contributed by atoms with E-state index in [-0.39, 0.29) is 4.90 Å². The van der Waals surface area contributed by atoms with Crippen molar-refractivity contribution in [2.75, 3.05) is 13.1 Å². The van der Waals surface area contributed by atoms with E-state index in [0.29, 0.717) is 24.4 Å². The van der Waals surface area contributed by atoms with Crippen LogP contribution in [0.3, 0.4) is 0 Å². The maximum atomic E-state index is 12.4. The minimum atomic E-state index is -3.47.